The van der Waals surface area contributed by atoms with E-state index in [1.807, 2.05) is 31.2 Å². The second-order valence-electron chi connectivity index (χ2n) is 8.77. The third kappa shape index (κ3) is 4.57. The Hall–Kier alpha value is -3.74. The number of aryl methyl sites for hydroxylation is 1. The number of hydrogen-bond donors (Lipinski definition) is 0. The second kappa shape index (κ2) is 10.9. The maximum Gasteiger partial charge on any atom is 0.310 e. The molecule has 0 atom stereocenters. The van der Waals surface area contributed by atoms with Gasteiger partial charge in [-0.3, -0.25) is 14.4 Å². The van der Waals surface area contributed by atoms with Gasteiger partial charge >= 0.3 is 5.97 Å². The normalized spacial score (nSPS) is 12.8. The first-order chi connectivity index (χ1) is 17.4. The number of carbonyl (C=O) groups is 3. The predicted molar refractivity (Wildman–Crippen MR) is 136 cm³/mol. The lowest BCUT2D eigenvalue weighted by Crippen LogP contribution is -2.30. The highest BCUT2D eigenvalue weighted by molar-refractivity contribution is 6.37. The van der Waals surface area contributed by atoms with Crippen molar-refractivity contribution in [1.29, 1.82) is 0 Å². The van der Waals surface area contributed by atoms with Crippen molar-refractivity contribution in [3.05, 3.63) is 70.5 Å². The van der Waals surface area contributed by atoms with Crippen molar-refractivity contribution in [3.63, 3.8) is 0 Å². The van der Waals surface area contributed by atoms with Crippen LogP contribution in [-0.2, 0) is 22.4 Å². The lowest BCUT2D eigenvalue weighted by molar-refractivity contribution is -0.142. The summed E-state index contributed by atoms with van der Waals surface area (Å²) in [5.41, 5.74) is 1.50. The first-order valence-corrected chi connectivity index (χ1v) is 12.5. The SMILES string of the molecule is CCCCc1c2c(c(OCCC)c3ccccc13)C(=O)N(c1ccc(CC(=O)OCC)cc1F)C2=O. The Morgan fingerprint density at radius 3 is 2.33 bits per heavy atom. The highest BCUT2D eigenvalue weighted by Crippen LogP contribution is 2.43. The fraction of sp³-hybridized carbons (Fsp3) is 0.345. The first-order valence-electron chi connectivity index (χ1n) is 12.5. The van der Waals surface area contributed by atoms with Crippen molar-refractivity contribution in [3.8, 4) is 5.75 Å². The molecule has 0 aliphatic carbocycles. The van der Waals surface area contributed by atoms with Crippen molar-refractivity contribution >= 4 is 34.2 Å². The monoisotopic (exact) mass is 491 g/mol. The van der Waals surface area contributed by atoms with Crippen molar-refractivity contribution < 1.29 is 28.2 Å². The van der Waals surface area contributed by atoms with E-state index in [2.05, 4.69) is 6.92 Å². The third-order valence-electron chi connectivity index (χ3n) is 6.25. The van der Waals surface area contributed by atoms with E-state index in [0.717, 1.165) is 40.5 Å². The molecule has 1 aliphatic heterocycles. The predicted octanol–water partition coefficient (Wildman–Crippen LogP) is 6.02. The number of amides is 2. The number of carbonyl (C=O) groups excluding carboxylic acids is 3. The summed E-state index contributed by atoms with van der Waals surface area (Å²) in [4.78, 5) is 40.2. The smallest absolute Gasteiger partial charge is 0.310 e. The van der Waals surface area contributed by atoms with Crippen LogP contribution < -0.4 is 9.64 Å². The number of hydrogen-bond acceptors (Lipinski definition) is 5. The van der Waals surface area contributed by atoms with Crippen molar-refractivity contribution in [2.45, 2.75) is 52.9 Å². The van der Waals surface area contributed by atoms with Gasteiger partial charge in [0, 0.05) is 5.39 Å². The Balaban J connectivity index is 1.85. The van der Waals surface area contributed by atoms with Gasteiger partial charge in [0.1, 0.15) is 11.6 Å². The number of esters is 1. The van der Waals surface area contributed by atoms with Gasteiger partial charge in [-0.15, -0.1) is 0 Å². The maximum absolute atomic E-state index is 15.3. The molecule has 6 nitrogen and oxygen atoms in total. The van der Waals surface area contributed by atoms with Crippen LogP contribution in [-0.4, -0.2) is 31.0 Å². The van der Waals surface area contributed by atoms with Crippen LogP contribution in [0, 0.1) is 5.82 Å². The fourth-order valence-corrected chi connectivity index (χ4v) is 4.64. The zero-order valence-corrected chi connectivity index (χ0v) is 20.9. The Bertz CT molecular complexity index is 1270. The van der Waals surface area contributed by atoms with Crippen LogP contribution in [0.3, 0.4) is 0 Å². The van der Waals surface area contributed by atoms with Crippen LogP contribution in [0.1, 0.15) is 71.9 Å². The minimum absolute atomic E-state index is 0.102. The van der Waals surface area contributed by atoms with E-state index in [-0.39, 0.29) is 29.8 Å². The van der Waals surface area contributed by atoms with Gasteiger partial charge in [-0.2, -0.15) is 0 Å². The molecule has 1 heterocycles. The lowest BCUT2D eigenvalue weighted by Gasteiger charge is -2.16. The van der Waals surface area contributed by atoms with Crippen molar-refractivity contribution in [2.75, 3.05) is 18.1 Å². The van der Waals surface area contributed by atoms with Gasteiger partial charge in [-0.25, -0.2) is 9.29 Å². The first kappa shape index (κ1) is 25.4. The molecule has 188 valence electrons. The summed E-state index contributed by atoms with van der Waals surface area (Å²) in [6.07, 6.45) is 2.99. The molecule has 0 radical (unpaired) electrons. The van der Waals surface area contributed by atoms with E-state index in [1.165, 1.54) is 18.2 Å². The van der Waals surface area contributed by atoms with Gasteiger partial charge < -0.3 is 9.47 Å². The molecular weight excluding hydrogens is 461 g/mol. The van der Waals surface area contributed by atoms with Crippen LogP contribution in [0.15, 0.2) is 42.5 Å². The van der Waals surface area contributed by atoms with E-state index >= 15 is 4.39 Å². The van der Waals surface area contributed by atoms with Gasteiger partial charge in [-0.05, 0) is 54.8 Å². The number of imide groups is 1. The molecule has 3 aromatic rings. The van der Waals surface area contributed by atoms with E-state index < -0.39 is 23.6 Å². The molecule has 36 heavy (non-hydrogen) atoms. The summed E-state index contributed by atoms with van der Waals surface area (Å²) in [6, 6.07) is 11.7. The van der Waals surface area contributed by atoms with Crippen LogP contribution in [0.5, 0.6) is 5.75 Å². The molecule has 7 heteroatoms. The molecule has 0 bridgehead atoms. The van der Waals surface area contributed by atoms with Gasteiger partial charge in [0.25, 0.3) is 11.8 Å². The Morgan fingerprint density at radius 2 is 1.67 bits per heavy atom. The number of unbranched alkanes of at least 4 members (excludes halogenated alkanes) is 1. The molecular formula is C29H30FNO5. The van der Waals surface area contributed by atoms with E-state index in [1.54, 1.807) is 6.92 Å². The number of rotatable bonds is 10. The quantitative estimate of drug-likeness (QED) is 0.256. The molecule has 1 aliphatic rings. The number of anilines is 1. The van der Waals surface area contributed by atoms with Crippen molar-refractivity contribution in [1.82, 2.24) is 0 Å². The van der Waals surface area contributed by atoms with Crippen LogP contribution in [0.2, 0.25) is 0 Å². The molecule has 0 fully saturated rings. The van der Waals surface area contributed by atoms with E-state index in [9.17, 15) is 14.4 Å². The van der Waals surface area contributed by atoms with Gasteiger partial charge in [-0.1, -0.05) is 50.6 Å². The van der Waals surface area contributed by atoms with Gasteiger partial charge in [0.05, 0.1) is 36.4 Å². The highest BCUT2D eigenvalue weighted by atomic mass is 19.1. The third-order valence-corrected chi connectivity index (χ3v) is 6.25. The summed E-state index contributed by atoms with van der Waals surface area (Å²) in [6.45, 7) is 6.33. The molecule has 0 unspecified atom stereocenters. The largest absolute Gasteiger partial charge is 0.492 e. The molecule has 0 spiro atoms. The Kier molecular flexibility index (Phi) is 7.67. The average molecular weight is 492 g/mol. The zero-order chi connectivity index (χ0) is 25.8. The number of benzene rings is 3. The summed E-state index contributed by atoms with van der Waals surface area (Å²) in [5.74, 6) is -2.05. The maximum atomic E-state index is 15.3. The minimum atomic E-state index is -0.762. The number of nitrogens with zero attached hydrogens (tertiary/aromatic N) is 1. The fourth-order valence-electron chi connectivity index (χ4n) is 4.64. The van der Waals surface area contributed by atoms with Crippen LogP contribution in [0.4, 0.5) is 10.1 Å². The Labute approximate surface area is 210 Å². The molecule has 4 rings (SSSR count). The second-order valence-corrected chi connectivity index (χ2v) is 8.77. The summed E-state index contributed by atoms with van der Waals surface area (Å²) >= 11 is 0. The number of halogens is 1. The summed E-state index contributed by atoms with van der Waals surface area (Å²) < 4.78 is 26.2. The lowest BCUT2D eigenvalue weighted by atomic mass is 9.91. The van der Waals surface area contributed by atoms with E-state index in [0.29, 0.717) is 24.3 Å². The van der Waals surface area contributed by atoms with Gasteiger partial charge in [0.2, 0.25) is 0 Å². The standard InChI is InChI=1S/C29H30FNO5/c1-4-7-10-20-19-11-8-9-12-21(19)27(36-15-5-2)26-25(20)28(33)31(29(26)34)23-14-13-18(16-22(23)30)17-24(32)35-6-3/h8-9,11-14,16H,4-7,10,15,17H2,1-3H3. The highest BCUT2D eigenvalue weighted by Gasteiger charge is 2.43. The summed E-state index contributed by atoms with van der Waals surface area (Å²) in [5, 5.41) is 1.63. The number of fused-ring (bicyclic) bond motifs is 2. The minimum Gasteiger partial charge on any atom is -0.492 e. The molecule has 0 saturated heterocycles. The molecule has 0 saturated carbocycles. The summed E-state index contributed by atoms with van der Waals surface area (Å²) in [7, 11) is 0. The van der Waals surface area contributed by atoms with Crippen LogP contribution >= 0.6 is 0 Å². The Morgan fingerprint density at radius 1 is 0.944 bits per heavy atom. The van der Waals surface area contributed by atoms with E-state index in [4.69, 9.17) is 9.47 Å². The number of ether oxygens (including phenoxy) is 2. The van der Waals surface area contributed by atoms with Crippen LogP contribution in [0.25, 0.3) is 10.8 Å². The zero-order valence-electron chi connectivity index (χ0n) is 20.9. The molecule has 2 amide bonds. The van der Waals surface area contributed by atoms with Crippen molar-refractivity contribution in [2.24, 2.45) is 0 Å². The molecule has 0 aromatic heterocycles. The molecule has 3 aromatic carbocycles. The molecule has 0 N–H and O–H groups in total. The van der Waals surface area contributed by atoms with Gasteiger partial charge in [0.15, 0.2) is 0 Å². The topological polar surface area (TPSA) is 72.9 Å². The average Bonchev–Trinajstić information content (AvgIpc) is 3.11.